The molecule has 0 aliphatic carbocycles. The average Bonchev–Trinajstić information content (AvgIpc) is 2.84. The van der Waals surface area contributed by atoms with Crippen LogP contribution in [0, 0.1) is 0 Å². The van der Waals surface area contributed by atoms with Gasteiger partial charge in [-0.2, -0.15) is 13.2 Å². The molecule has 21 heavy (non-hydrogen) atoms. The molecule has 2 N–H and O–H groups in total. The SMILES string of the molecule is CC1OCCC1S(=O)CC(N)c1cccc(C(F)(F)F)c1. The topological polar surface area (TPSA) is 52.3 Å². The van der Waals surface area contributed by atoms with Gasteiger partial charge in [0, 0.05) is 29.2 Å². The molecule has 118 valence electrons. The maximum atomic E-state index is 12.7. The van der Waals surface area contributed by atoms with Crippen molar-refractivity contribution in [3.8, 4) is 0 Å². The van der Waals surface area contributed by atoms with Gasteiger partial charge in [-0.15, -0.1) is 0 Å². The van der Waals surface area contributed by atoms with E-state index in [1.807, 2.05) is 6.92 Å². The molecule has 4 atom stereocenters. The number of nitrogens with two attached hydrogens (primary N) is 1. The van der Waals surface area contributed by atoms with Crippen molar-refractivity contribution in [1.82, 2.24) is 0 Å². The third-order valence-electron chi connectivity index (χ3n) is 3.63. The zero-order valence-corrected chi connectivity index (χ0v) is 12.4. The minimum absolute atomic E-state index is 0.0955. The zero-order valence-electron chi connectivity index (χ0n) is 11.6. The van der Waals surface area contributed by atoms with Gasteiger partial charge in [0.25, 0.3) is 0 Å². The summed E-state index contributed by atoms with van der Waals surface area (Å²) in [6.45, 7) is 2.42. The normalized spacial score (nSPS) is 25.8. The molecule has 1 aromatic rings. The van der Waals surface area contributed by atoms with Crippen molar-refractivity contribution in [2.24, 2.45) is 5.73 Å². The summed E-state index contributed by atoms with van der Waals surface area (Å²) in [6, 6.07) is 4.20. The Morgan fingerprint density at radius 2 is 2.19 bits per heavy atom. The molecule has 1 aliphatic heterocycles. The van der Waals surface area contributed by atoms with Gasteiger partial charge in [-0.25, -0.2) is 0 Å². The van der Waals surface area contributed by atoms with Crippen LogP contribution in [0.5, 0.6) is 0 Å². The van der Waals surface area contributed by atoms with Crippen LogP contribution in [0.15, 0.2) is 24.3 Å². The van der Waals surface area contributed by atoms with Crippen molar-refractivity contribution in [2.75, 3.05) is 12.4 Å². The maximum Gasteiger partial charge on any atom is 0.416 e. The van der Waals surface area contributed by atoms with Crippen LogP contribution in [-0.4, -0.2) is 27.9 Å². The molecule has 0 bridgehead atoms. The van der Waals surface area contributed by atoms with E-state index >= 15 is 0 Å². The van der Waals surface area contributed by atoms with Gasteiger partial charge in [0.15, 0.2) is 0 Å². The first-order valence-electron chi connectivity index (χ1n) is 6.70. The van der Waals surface area contributed by atoms with Gasteiger partial charge in [0.2, 0.25) is 0 Å². The molecule has 0 amide bonds. The second kappa shape index (κ2) is 6.46. The fraction of sp³-hybridized carbons (Fsp3) is 0.571. The van der Waals surface area contributed by atoms with Crippen molar-refractivity contribution < 1.29 is 22.1 Å². The highest BCUT2D eigenvalue weighted by Gasteiger charge is 2.32. The Morgan fingerprint density at radius 1 is 1.48 bits per heavy atom. The van der Waals surface area contributed by atoms with E-state index in [0.29, 0.717) is 18.6 Å². The summed E-state index contributed by atoms with van der Waals surface area (Å²) in [6.07, 6.45) is -3.80. The lowest BCUT2D eigenvalue weighted by atomic mass is 10.1. The van der Waals surface area contributed by atoms with E-state index in [1.165, 1.54) is 12.1 Å². The molecule has 1 aromatic carbocycles. The van der Waals surface area contributed by atoms with Gasteiger partial charge in [-0.3, -0.25) is 4.21 Å². The molecule has 1 heterocycles. The Kier molecular flexibility index (Phi) is 5.06. The van der Waals surface area contributed by atoms with Gasteiger partial charge >= 0.3 is 6.18 Å². The monoisotopic (exact) mass is 321 g/mol. The largest absolute Gasteiger partial charge is 0.416 e. The van der Waals surface area contributed by atoms with Crippen LogP contribution in [0.1, 0.15) is 30.5 Å². The van der Waals surface area contributed by atoms with Crippen LogP contribution in [-0.2, 0) is 21.7 Å². The highest BCUT2D eigenvalue weighted by Crippen LogP contribution is 2.31. The summed E-state index contributed by atoms with van der Waals surface area (Å²) < 4.78 is 55.6. The Balaban J connectivity index is 2.06. The van der Waals surface area contributed by atoms with Crippen LogP contribution in [0.3, 0.4) is 0 Å². The summed E-state index contributed by atoms with van der Waals surface area (Å²) in [5.41, 5.74) is 5.53. The molecule has 4 unspecified atom stereocenters. The Bertz CT molecular complexity index is 521. The lowest BCUT2D eigenvalue weighted by molar-refractivity contribution is -0.137. The molecule has 2 rings (SSSR count). The third-order valence-corrected chi connectivity index (χ3v) is 5.61. The maximum absolute atomic E-state index is 12.7. The number of hydrogen-bond acceptors (Lipinski definition) is 3. The molecule has 0 aromatic heterocycles. The van der Waals surface area contributed by atoms with Crippen LogP contribution in [0.2, 0.25) is 0 Å². The van der Waals surface area contributed by atoms with Crippen LogP contribution >= 0.6 is 0 Å². The van der Waals surface area contributed by atoms with E-state index in [2.05, 4.69) is 0 Å². The third kappa shape index (κ3) is 4.05. The van der Waals surface area contributed by atoms with E-state index < -0.39 is 28.6 Å². The second-order valence-corrected chi connectivity index (χ2v) is 6.88. The molecule has 1 saturated heterocycles. The molecule has 1 fully saturated rings. The van der Waals surface area contributed by atoms with Crippen molar-refractivity contribution >= 4 is 10.8 Å². The van der Waals surface area contributed by atoms with Crippen LogP contribution in [0.25, 0.3) is 0 Å². The van der Waals surface area contributed by atoms with Gasteiger partial charge in [0.1, 0.15) is 0 Å². The molecule has 0 saturated carbocycles. The summed E-state index contributed by atoms with van der Waals surface area (Å²) in [5, 5.41) is -0.0955. The lowest BCUT2D eigenvalue weighted by Crippen LogP contribution is -2.29. The number of alkyl halides is 3. The van der Waals surface area contributed by atoms with Gasteiger partial charge in [0.05, 0.1) is 16.9 Å². The minimum atomic E-state index is -4.40. The first-order chi connectivity index (χ1) is 9.79. The lowest BCUT2D eigenvalue weighted by Gasteiger charge is -2.18. The van der Waals surface area contributed by atoms with E-state index in [4.69, 9.17) is 10.5 Å². The van der Waals surface area contributed by atoms with Gasteiger partial charge in [-0.05, 0) is 31.0 Å². The quantitative estimate of drug-likeness (QED) is 0.927. The van der Waals surface area contributed by atoms with Crippen molar-refractivity contribution in [1.29, 1.82) is 0 Å². The summed E-state index contributed by atoms with van der Waals surface area (Å²) >= 11 is 0. The van der Waals surface area contributed by atoms with E-state index in [1.54, 1.807) is 0 Å². The second-order valence-electron chi connectivity index (χ2n) is 5.18. The van der Waals surface area contributed by atoms with E-state index in [9.17, 15) is 17.4 Å². The molecule has 1 aliphatic rings. The number of ether oxygens (including phenoxy) is 1. The standard InChI is InChI=1S/C14H18F3NO2S/c1-9-13(5-6-20-9)21(19)8-12(18)10-3-2-4-11(7-10)14(15,16)17/h2-4,7,9,12-13H,5-6,8,18H2,1H3. The molecular formula is C14H18F3NO2S. The predicted molar refractivity (Wildman–Crippen MR) is 75.2 cm³/mol. The smallest absolute Gasteiger partial charge is 0.377 e. The molecule has 0 radical (unpaired) electrons. The van der Waals surface area contributed by atoms with Crippen LogP contribution in [0.4, 0.5) is 13.2 Å². The van der Waals surface area contributed by atoms with E-state index in [0.717, 1.165) is 12.1 Å². The van der Waals surface area contributed by atoms with Crippen molar-refractivity contribution in [2.45, 2.75) is 36.9 Å². The average molecular weight is 321 g/mol. The van der Waals surface area contributed by atoms with Gasteiger partial charge < -0.3 is 10.5 Å². The summed E-state index contributed by atoms with van der Waals surface area (Å²) in [4.78, 5) is 0. The molecular weight excluding hydrogens is 303 g/mol. The highest BCUT2D eigenvalue weighted by molar-refractivity contribution is 7.85. The first-order valence-corrected chi connectivity index (χ1v) is 8.09. The number of hydrogen-bond donors (Lipinski definition) is 1. The Labute approximate surface area is 124 Å². The molecule has 0 spiro atoms. The number of halogens is 3. The Hall–Kier alpha value is -0.920. The number of rotatable bonds is 4. The van der Waals surface area contributed by atoms with Crippen LogP contribution < -0.4 is 5.73 Å². The molecule has 3 nitrogen and oxygen atoms in total. The van der Waals surface area contributed by atoms with Gasteiger partial charge in [-0.1, -0.05) is 12.1 Å². The van der Waals surface area contributed by atoms with Crippen molar-refractivity contribution in [3.63, 3.8) is 0 Å². The predicted octanol–water partition coefficient (Wildman–Crippen LogP) is 2.63. The zero-order chi connectivity index (χ0) is 15.6. The fourth-order valence-electron chi connectivity index (χ4n) is 2.40. The first kappa shape index (κ1) is 16.5. The van der Waals surface area contributed by atoms with E-state index in [-0.39, 0.29) is 17.1 Å². The summed E-state index contributed by atoms with van der Waals surface area (Å²) in [5.74, 6) is 0.139. The Morgan fingerprint density at radius 3 is 2.76 bits per heavy atom. The van der Waals surface area contributed by atoms with Crippen molar-refractivity contribution in [3.05, 3.63) is 35.4 Å². The highest BCUT2D eigenvalue weighted by atomic mass is 32.2. The number of benzene rings is 1. The molecule has 7 heteroatoms. The minimum Gasteiger partial charge on any atom is -0.377 e. The fourth-order valence-corrected chi connectivity index (χ4v) is 4.06. The summed E-state index contributed by atoms with van der Waals surface area (Å²) in [7, 11) is -1.22.